The number of carboxylic acid groups (broad SMARTS) is 1. The first-order chi connectivity index (χ1) is 16.7. The maximum absolute atomic E-state index is 13.3. The Labute approximate surface area is 203 Å². The molecule has 9 nitrogen and oxygen atoms in total. The van der Waals surface area contributed by atoms with E-state index in [2.05, 4.69) is 10.6 Å². The normalized spacial score (nSPS) is 22.1. The number of carboxylic acids is 1. The van der Waals surface area contributed by atoms with Gasteiger partial charge in [-0.25, -0.2) is 0 Å². The van der Waals surface area contributed by atoms with E-state index in [1.54, 1.807) is 31.4 Å². The third kappa shape index (κ3) is 4.94. The van der Waals surface area contributed by atoms with E-state index in [1.807, 2.05) is 30.7 Å². The van der Waals surface area contributed by atoms with E-state index in [4.69, 9.17) is 4.74 Å². The van der Waals surface area contributed by atoms with Crippen molar-refractivity contribution in [2.75, 3.05) is 7.11 Å². The largest absolute Gasteiger partial charge is 0.497 e. The molecular weight excluding hydrogens is 450 g/mol. The summed E-state index contributed by atoms with van der Waals surface area (Å²) in [5.41, 5.74) is 2.23. The summed E-state index contributed by atoms with van der Waals surface area (Å²) in [5, 5.41) is 15.4. The van der Waals surface area contributed by atoms with Gasteiger partial charge in [-0.05, 0) is 54.7 Å². The first-order valence-electron chi connectivity index (χ1n) is 11.9. The van der Waals surface area contributed by atoms with Crippen molar-refractivity contribution in [1.82, 2.24) is 15.2 Å². The second kappa shape index (κ2) is 9.93. The number of amides is 2. The first-order valence-corrected chi connectivity index (χ1v) is 11.9. The molecule has 2 heterocycles. The molecule has 3 N–H and O–H groups in total. The molecule has 1 aliphatic carbocycles. The average molecular weight is 482 g/mol. The second-order valence-electron chi connectivity index (χ2n) is 9.64. The molecule has 0 saturated heterocycles. The number of hydrogen-bond acceptors (Lipinski definition) is 5. The zero-order valence-corrected chi connectivity index (χ0v) is 20.1. The Morgan fingerprint density at radius 3 is 2.49 bits per heavy atom. The topological polar surface area (TPSA) is 127 Å². The predicted octanol–water partition coefficient (Wildman–Crippen LogP) is 2.14. The summed E-state index contributed by atoms with van der Waals surface area (Å²) < 4.78 is 6.98. The number of hydrogen-bond donors (Lipinski definition) is 3. The van der Waals surface area contributed by atoms with Gasteiger partial charge in [0.25, 0.3) is 5.91 Å². The fourth-order valence-corrected chi connectivity index (χ4v) is 5.09. The highest BCUT2D eigenvalue weighted by Gasteiger charge is 2.42. The predicted molar refractivity (Wildman–Crippen MR) is 127 cm³/mol. The van der Waals surface area contributed by atoms with Crippen LogP contribution in [0.3, 0.4) is 0 Å². The van der Waals surface area contributed by atoms with Gasteiger partial charge in [0.15, 0.2) is 0 Å². The lowest BCUT2D eigenvalue weighted by Gasteiger charge is -2.33. The number of benzene rings is 1. The molecule has 1 aromatic carbocycles. The zero-order valence-electron chi connectivity index (χ0n) is 20.1. The van der Waals surface area contributed by atoms with Crippen LogP contribution in [0.1, 0.15) is 54.2 Å². The van der Waals surface area contributed by atoms with E-state index in [0.717, 1.165) is 11.3 Å². The summed E-state index contributed by atoms with van der Waals surface area (Å²) in [4.78, 5) is 51.0. The van der Waals surface area contributed by atoms with Crippen LogP contribution in [-0.4, -0.2) is 52.4 Å². The highest BCUT2D eigenvalue weighted by molar-refractivity contribution is 5.98. The van der Waals surface area contributed by atoms with E-state index in [-0.39, 0.29) is 36.5 Å². The van der Waals surface area contributed by atoms with Gasteiger partial charge in [-0.2, -0.15) is 0 Å². The van der Waals surface area contributed by atoms with Crippen molar-refractivity contribution in [3.8, 4) is 5.75 Å². The van der Waals surface area contributed by atoms with E-state index >= 15 is 0 Å². The molecule has 0 radical (unpaired) electrons. The van der Waals surface area contributed by atoms with Crippen LogP contribution in [0.5, 0.6) is 5.75 Å². The van der Waals surface area contributed by atoms with Crippen molar-refractivity contribution in [2.45, 2.75) is 57.7 Å². The molecule has 0 fully saturated rings. The fraction of sp³-hybridized carbons (Fsp3) is 0.462. The van der Waals surface area contributed by atoms with Crippen LogP contribution in [0, 0.1) is 11.8 Å². The number of carbonyl (C=O) groups excluding carboxylic acids is 3. The first kappa shape index (κ1) is 24.5. The van der Waals surface area contributed by atoms with Gasteiger partial charge in [0.2, 0.25) is 5.91 Å². The van der Waals surface area contributed by atoms with Crippen molar-refractivity contribution in [3.63, 3.8) is 0 Å². The number of aliphatic carboxylic acids is 1. The number of aromatic nitrogens is 1. The smallest absolute Gasteiger partial charge is 0.308 e. The van der Waals surface area contributed by atoms with E-state index < -0.39 is 29.9 Å². The Kier molecular flexibility index (Phi) is 6.95. The molecule has 35 heavy (non-hydrogen) atoms. The van der Waals surface area contributed by atoms with Gasteiger partial charge in [0.05, 0.1) is 18.9 Å². The SMILES string of the molecule is COc1ccc(C(=O)NC(C(=O)N[C@H]2CCc3ccn4c3C2C(=O)C[C@H](C(=O)O)C4)C(C)C)cc1. The van der Waals surface area contributed by atoms with E-state index in [9.17, 15) is 24.3 Å². The molecule has 4 rings (SSSR count). The number of ketones is 1. The third-order valence-corrected chi connectivity index (χ3v) is 6.99. The van der Waals surface area contributed by atoms with Gasteiger partial charge in [0, 0.05) is 36.5 Å². The van der Waals surface area contributed by atoms with Crippen LogP contribution in [0.25, 0.3) is 0 Å². The van der Waals surface area contributed by atoms with Crippen LogP contribution in [0.4, 0.5) is 0 Å². The van der Waals surface area contributed by atoms with Gasteiger partial charge in [-0.15, -0.1) is 0 Å². The highest BCUT2D eigenvalue weighted by atomic mass is 16.5. The van der Waals surface area contributed by atoms with Crippen LogP contribution >= 0.6 is 0 Å². The standard InChI is InChI=1S/C26H31N3O6/c1-14(2)22(28-24(31)16-4-7-18(35-3)8-5-16)25(32)27-19-9-6-15-10-11-29-13-17(26(33)34)12-20(30)21(19)23(15)29/h4-5,7-8,10-11,14,17,19,21-22H,6,9,12-13H2,1-3H3,(H,27,32)(H,28,31)(H,33,34)/t17-,19-,21?,22?/m0/s1. The number of nitrogens with zero attached hydrogens (tertiary/aromatic N) is 1. The van der Waals surface area contributed by atoms with Crippen molar-refractivity contribution in [1.29, 1.82) is 0 Å². The van der Waals surface area contributed by atoms with Gasteiger partial charge in [-0.1, -0.05) is 13.8 Å². The molecular formula is C26H31N3O6. The van der Waals surface area contributed by atoms with Crippen molar-refractivity contribution < 1.29 is 29.0 Å². The van der Waals surface area contributed by atoms with Crippen molar-refractivity contribution >= 4 is 23.6 Å². The molecule has 9 heteroatoms. The van der Waals surface area contributed by atoms with Crippen LogP contribution < -0.4 is 15.4 Å². The van der Waals surface area contributed by atoms with E-state index in [0.29, 0.717) is 24.2 Å². The fourth-order valence-electron chi connectivity index (χ4n) is 5.09. The van der Waals surface area contributed by atoms with Gasteiger partial charge in [0.1, 0.15) is 17.6 Å². The Morgan fingerprint density at radius 2 is 1.86 bits per heavy atom. The van der Waals surface area contributed by atoms with E-state index in [1.165, 1.54) is 0 Å². The molecule has 1 aromatic heterocycles. The lowest BCUT2D eigenvalue weighted by Crippen LogP contribution is -2.54. The highest BCUT2D eigenvalue weighted by Crippen LogP contribution is 2.38. The van der Waals surface area contributed by atoms with Crippen LogP contribution in [0.2, 0.25) is 0 Å². The minimum Gasteiger partial charge on any atom is -0.497 e. The summed E-state index contributed by atoms with van der Waals surface area (Å²) >= 11 is 0. The molecule has 1 aliphatic heterocycles. The van der Waals surface area contributed by atoms with Crippen molar-refractivity contribution in [2.24, 2.45) is 11.8 Å². The molecule has 0 bridgehead atoms. The molecule has 0 spiro atoms. The number of ether oxygens (including phenoxy) is 1. The second-order valence-corrected chi connectivity index (χ2v) is 9.64. The summed E-state index contributed by atoms with van der Waals surface area (Å²) in [6.07, 6.45) is 3.01. The minimum absolute atomic E-state index is 0.0741. The Morgan fingerprint density at radius 1 is 1.14 bits per heavy atom. The number of methoxy groups -OCH3 is 1. The zero-order chi connectivity index (χ0) is 25.3. The maximum Gasteiger partial charge on any atom is 0.308 e. The lowest BCUT2D eigenvalue weighted by molar-refractivity contribution is -0.144. The van der Waals surface area contributed by atoms with Crippen molar-refractivity contribution in [3.05, 3.63) is 53.3 Å². The molecule has 2 unspecified atom stereocenters. The Balaban J connectivity index is 1.52. The van der Waals surface area contributed by atoms with Gasteiger partial charge >= 0.3 is 5.97 Å². The third-order valence-electron chi connectivity index (χ3n) is 6.99. The molecule has 2 aromatic rings. The molecule has 0 saturated carbocycles. The Bertz CT molecular complexity index is 1140. The van der Waals surface area contributed by atoms with Gasteiger partial charge in [-0.3, -0.25) is 19.2 Å². The monoisotopic (exact) mass is 481 g/mol. The summed E-state index contributed by atoms with van der Waals surface area (Å²) in [7, 11) is 1.54. The maximum atomic E-state index is 13.3. The minimum atomic E-state index is -0.999. The van der Waals surface area contributed by atoms with Gasteiger partial charge < -0.3 is 25.0 Å². The average Bonchev–Trinajstić information content (AvgIpc) is 3.16. The number of carbonyl (C=O) groups is 4. The summed E-state index contributed by atoms with van der Waals surface area (Å²) in [6, 6.07) is 7.27. The molecule has 4 atom stereocenters. The lowest BCUT2D eigenvalue weighted by atomic mass is 9.79. The number of nitrogens with one attached hydrogen (secondary N) is 2. The summed E-state index contributed by atoms with van der Waals surface area (Å²) in [5.74, 6) is -2.89. The number of Topliss-reactive ketones (excluding diaryl/α,β-unsaturated/α-hetero) is 1. The van der Waals surface area contributed by atoms with Crippen LogP contribution in [-0.2, 0) is 27.3 Å². The molecule has 186 valence electrons. The molecule has 2 amide bonds. The Hall–Kier alpha value is -3.62. The summed E-state index contributed by atoms with van der Waals surface area (Å²) in [6.45, 7) is 3.92. The van der Waals surface area contributed by atoms with Crippen LogP contribution in [0.15, 0.2) is 36.5 Å². The quantitative estimate of drug-likeness (QED) is 0.556. The number of rotatable bonds is 7. The molecule has 2 aliphatic rings. The number of aryl methyl sites for hydroxylation is 1.